The third-order valence-electron chi connectivity index (χ3n) is 4.22. The van der Waals surface area contributed by atoms with Crippen molar-refractivity contribution < 1.29 is 26.7 Å². The number of carbonyl (C=O) groups is 1. The fraction of sp³-hybridized carbons (Fsp3) is 0.850. The van der Waals surface area contributed by atoms with Crippen LogP contribution in [0, 0.1) is 0 Å². The van der Waals surface area contributed by atoms with E-state index in [2.05, 4.69) is 23.3 Å². The highest BCUT2D eigenvalue weighted by Crippen LogP contribution is 2.10. The summed E-state index contributed by atoms with van der Waals surface area (Å²) in [5, 5.41) is 0. The Morgan fingerprint density at radius 3 is 1.89 bits per heavy atom. The van der Waals surface area contributed by atoms with Crippen LogP contribution >= 0.6 is 0 Å². The fourth-order valence-corrected chi connectivity index (χ4v) is 2.99. The lowest BCUT2D eigenvalue weighted by molar-refractivity contribution is -0.144. The van der Waals surface area contributed by atoms with E-state index in [0.29, 0.717) is 6.42 Å². The molecule has 0 aliphatic carbocycles. The summed E-state index contributed by atoms with van der Waals surface area (Å²) in [4.78, 5) is 11.4. The van der Waals surface area contributed by atoms with Gasteiger partial charge in [0.25, 0.3) is 0 Å². The van der Waals surface area contributed by atoms with Crippen molar-refractivity contribution in [2.24, 2.45) is 0 Å². The van der Waals surface area contributed by atoms with Gasteiger partial charge in [-0.25, -0.2) is 4.18 Å². The molecule has 0 bridgehead atoms. The first-order chi connectivity index (χ1) is 13.0. The van der Waals surface area contributed by atoms with E-state index in [1.165, 1.54) is 57.8 Å². The first kappa shape index (κ1) is 26.1. The highest BCUT2D eigenvalue weighted by molar-refractivity contribution is 7.80. The molecule has 0 saturated heterocycles. The number of esters is 1. The zero-order valence-electron chi connectivity index (χ0n) is 16.9. The normalized spacial score (nSPS) is 11.9. The van der Waals surface area contributed by atoms with E-state index >= 15 is 0 Å². The molecular formula is C20H38O6S. The molecule has 0 saturated carbocycles. The van der Waals surface area contributed by atoms with E-state index in [1.807, 2.05) is 0 Å². The Morgan fingerprint density at radius 1 is 0.815 bits per heavy atom. The fourth-order valence-electron chi connectivity index (χ4n) is 2.71. The van der Waals surface area contributed by atoms with Gasteiger partial charge in [-0.1, -0.05) is 70.4 Å². The summed E-state index contributed by atoms with van der Waals surface area (Å²) in [5.74, 6) is -0.369. The molecule has 0 heterocycles. The summed E-state index contributed by atoms with van der Waals surface area (Å²) in [6.45, 7) is 1.70. The maximum Gasteiger partial charge on any atom is 0.397 e. The van der Waals surface area contributed by atoms with Crippen LogP contribution in [0.1, 0.15) is 96.8 Å². The third-order valence-corrected chi connectivity index (χ3v) is 4.69. The Morgan fingerprint density at radius 2 is 1.33 bits per heavy atom. The molecule has 0 aliphatic heterocycles. The monoisotopic (exact) mass is 406 g/mol. The van der Waals surface area contributed by atoms with Crippen molar-refractivity contribution in [1.82, 2.24) is 0 Å². The lowest BCUT2D eigenvalue weighted by Crippen LogP contribution is -2.13. The van der Waals surface area contributed by atoms with Crippen molar-refractivity contribution in [3.8, 4) is 0 Å². The minimum atomic E-state index is -4.46. The van der Waals surface area contributed by atoms with Gasteiger partial charge >= 0.3 is 16.4 Å². The number of rotatable bonds is 19. The van der Waals surface area contributed by atoms with Crippen LogP contribution in [-0.4, -0.2) is 32.2 Å². The van der Waals surface area contributed by atoms with Crippen molar-refractivity contribution in [2.45, 2.75) is 96.8 Å². The highest BCUT2D eigenvalue weighted by atomic mass is 32.3. The maximum atomic E-state index is 11.4. The summed E-state index contributed by atoms with van der Waals surface area (Å²) in [6, 6.07) is 0. The van der Waals surface area contributed by atoms with Gasteiger partial charge in [-0.3, -0.25) is 9.35 Å². The summed E-state index contributed by atoms with van der Waals surface area (Å²) >= 11 is 0. The van der Waals surface area contributed by atoms with E-state index < -0.39 is 10.4 Å². The highest BCUT2D eigenvalue weighted by Gasteiger charge is 2.06. The number of unbranched alkanes of at least 4 members (excludes halogenated alkanes) is 11. The molecule has 0 amide bonds. The smallest absolute Gasteiger partial charge is 0.397 e. The molecule has 0 aromatic heterocycles. The molecule has 0 spiro atoms. The van der Waals surface area contributed by atoms with Gasteiger partial charge < -0.3 is 4.74 Å². The van der Waals surface area contributed by atoms with Crippen LogP contribution in [0.2, 0.25) is 0 Å². The number of hydrogen-bond acceptors (Lipinski definition) is 5. The molecule has 0 aromatic carbocycles. The largest absolute Gasteiger partial charge is 0.463 e. The van der Waals surface area contributed by atoms with Gasteiger partial charge in [0.05, 0.1) is 0 Å². The molecule has 7 heteroatoms. The minimum Gasteiger partial charge on any atom is -0.463 e. The van der Waals surface area contributed by atoms with Crippen molar-refractivity contribution in [2.75, 3.05) is 13.2 Å². The lowest BCUT2D eigenvalue weighted by atomic mass is 10.1. The number of hydrogen-bond donors (Lipinski definition) is 1. The predicted molar refractivity (Wildman–Crippen MR) is 108 cm³/mol. The first-order valence-corrected chi connectivity index (χ1v) is 11.7. The van der Waals surface area contributed by atoms with Crippen LogP contribution in [0.15, 0.2) is 12.2 Å². The number of allylic oxidation sites excluding steroid dienone is 2. The Hall–Kier alpha value is -0.920. The van der Waals surface area contributed by atoms with Gasteiger partial charge in [-0.15, -0.1) is 0 Å². The van der Waals surface area contributed by atoms with Gasteiger partial charge in [0.2, 0.25) is 0 Å². The van der Waals surface area contributed by atoms with Crippen molar-refractivity contribution in [3.63, 3.8) is 0 Å². The molecular weight excluding hydrogens is 368 g/mol. The lowest BCUT2D eigenvalue weighted by Gasteiger charge is -2.04. The summed E-state index contributed by atoms with van der Waals surface area (Å²) < 4.78 is 37.8. The Labute approximate surface area is 165 Å². The quantitative estimate of drug-likeness (QED) is 0.134. The molecule has 0 aliphatic rings. The zero-order chi connectivity index (χ0) is 20.2. The van der Waals surface area contributed by atoms with Crippen LogP contribution in [0.3, 0.4) is 0 Å². The second-order valence-corrected chi connectivity index (χ2v) is 7.90. The second kappa shape index (κ2) is 18.4. The number of ether oxygens (including phenoxy) is 1. The maximum absolute atomic E-state index is 11.4. The molecule has 0 radical (unpaired) electrons. The van der Waals surface area contributed by atoms with E-state index in [-0.39, 0.29) is 19.2 Å². The van der Waals surface area contributed by atoms with E-state index in [9.17, 15) is 13.2 Å². The van der Waals surface area contributed by atoms with E-state index in [4.69, 9.17) is 9.29 Å². The van der Waals surface area contributed by atoms with Crippen LogP contribution in [-0.2, 0) is 24.1 Å². The third kappa shape index (κ3) is 23.0. The Bertz CT molecular complexity index is 473. The van der Waals surface area contributed by atoms with Crippen LogP contribution < -0.4 is 0 Å². The van der Waals surface area contributed by atoms with Crippen LogP contribution in [0.4, 0.5) is 0 Å². The number of carbonyl (C=O) groups excluding carboxylic acids is 1. The minimum absolute atomic E-state index is 0.177. The first-order valence-electron chi connectivity index (χ1n) is 10.4. The van der Waals surface area contributed by atoms with Crippen molar-refractivity contribution in [1.29, 1.82) is 0 Å². The van der Waals surface area contributed by atoms with Crippen LogP contribution in [0.25, 0.3) is 0 Å². The molecule has 27 heavy (non-hydrogen) atoms. The molecule has 0 unspecified atom stereocenters. The molecule has 160 valence electrons. The molecule has 1 N–H and O–H groups in total. The standard InChI is InChI=1S/C20H38O6S/c1-2-3-4-5-6-7-8-9-10-11-12-13-14-15-16-17-20(21)25-18-19-26-27(22,23)24/h9-10H,2-8,11-19H2,1H3,(H,22,23,24)/b10-9-. The zero-order valence-corrected chi connectivity index (χ0v) is 17.7. The molecule has 0 fully saturated rings. The summed E-state index contributed by atoms with van der Waals surface area (Å²) in [5.41, 5.74) is 0. The van der Waals surface area contributed by atoms with E-state index in [1.54, 1.807) is 0 Å². The second-order valence-electron chi connectivity index (χ2n) is 6.80. The molecule has 0 rings (SSSR count). The summed E-state index contributed by atoms with van der Waals surface area (Å²) in [7, 11) is -4.46. The van der Waals surface area contributed by atoms with Crippen LogP contribution in [0.5, 0.6) is 0 Å². The molecule has 0 atom stereocenters. The summed E-state index contributed by atoms with van der Waals surface area (Å²) in [6.07, 6.45) is 20.5. The van der Waals surface area contributed by atoms with Gasteiger partial charge in [0.15, 0.2) is 0 Å². The van der Waals surface area contributed by atoms with Crippen molar-refractivity contribution >= 4 is 16.4 Å². The Kier molecular flexibility index (Phi) is 17.8. The predicted octanol–water partition coefficient (Wildman–Crippen LogP) is 5.39. The van der Waals surface area contributed by atoms with E-state index in [0.717, 1.165) is 25.7 Å². The Balaban J connectivity index is 3.28. The van der Waals surface area contributed by atoms with Gasteiger partial charge in [-0.05, 0) is 32.1 Å². The average Bonchev–Trinajstić information content (AvgIpc) is 2.61. The topological polar surface area (TPSA) is 89.9 Å². The van der Waals surface area contributed by atoms with Gasteiger partial charge in [-0.2, -0.15) is 8.42 Å². The van der Waals surface area contributed by atoms with Crippen molar-refractivity contribution in [3.05, 3.63) is 12.2 Å². The SMILES string of the molecule is CCCCCCCC/C=C\CCCCCCCC(=O)OCCOS(=O)(=O)O. The molecule has 6 nitrogen and oxygen atoms in total. The van der Waals surface area contributed by atoms with Gasteiger partial charge in [0.1, 0.15) is 13.2 Å². The molecule has 0 aromatic rings. The van der Waals surface area contributed by atoms with Gasteiger partial charge in [0, 0.05) is 6.42 Å². The average molecular weight is 407 g/mol.